The third-order valence-corrected chi connectivity index (χ3v) is 6.49. The van der Waals surface area contributed by atoms with Gasteiger partial charge in [0.05, 0.1) is 11.2 Å². The van der Waals surface area contributed by atoms with E-state index in [1.54, 1.807) is 0 Å². The summed E-state index contributed by atoms with van der Waals surface area (Å²) in [4.78, 5) is 0. The summed E-state index contributed by atoms with van der Waals surface area (Å²) in [5.41, 5.74) is 2.88. The van der Waals surface area contributed by atoms with Gasteiger partial charge in [-0.3, -0.25) is 0 Å². The lowest BCUT2D eigenvalue weighted by molar-refractivity contribution is 0.00578. The van der Waals surface area contributed by atoms with Crippen molar-refractivity contribution >= 4 is 34.1 Å². The van der Waals surface area contributed by atoms with Gasteiger partial charge < -0.3 is 9.31 Å². The lowest BCUT2D eigenvalue weighted by Gasteiger charge is -2.32. The van der Waals surface area contributed by atoms with Crippen LogP contribution >= 0.6 is 0 Å². The normalized spacial score (nSPS) is 16.9. The fourth-order valence-corrected chi connectivity index (χ4v) is 4.10. The van der Waals surface area contributed by atoms with Crippen LogP contribution in [0, 0.1) is 0 Å². The van der Waals surface area contributed by atoms with E-state index in [2.05, 4.69) is 107 Å². The van der Waals surface area contributed by atoms with Gasteiger partial charge in [0.2, 0.25) is 0 Å². The fourth-order valence-electron chi connectivity index (χ4n) is 4.10. The fraction of sp³-hybridized carbons (Fsp3) is 0.286. The van der Waals surface area contributed by atoms with Crippen LogP contribution in [0.3, 0.4) is 0 Å². The highest BCUT2D eigenvalue weighted by Gasteiger charge is 2.51. The number of hydrogen-bond acceptors (Lipinski definition) is 2. The van der Waals surface area contributed by atoms with Gasteiger partial charge in [-0.25, -0.2) is 0 Å². The molecule has 3 heteroatoms. The van der Waals surface area contributed by atoms with Crippen LogP contribution in [0.5, 0.6) is 0 Å². The summed E-state index contributed by atoms with van der Waals surface area (Å²) >= 11 is 0. The summed E-state index contributed by atoms with van der Waals surface area (Å²) in [7, 11) is -0.350. The SMILES string of the molecule is CC.CC1(C)OB(c2ccc3cc(-c4ccccc4)c4ccccc4c3c2)OC1(C)C. The van der Waals surface area contributed by atoms with E-state index in [1.165, 1.54) is 32.7 Å². The van der Waals surface area contributed by atoms with Crippen LogP contribution in [-0.2, 0) is 9.31 Å². The molecule has 0 radical (unpaired) electrons. The van der Waals surface area contributed by atoms with Crippen LogP contribution < -0.4 is 5.46 Å². The van der Waals surface area contributed by atoms with Gasteiger partial charge in [0.1, 0.15) is 0 Å². The minimum Gasteiger partial charge on any atom is -0.399 e. The Kier molecular flexibility index (Phi) is 5.68. The molecule has 0 aliphatic carbocycles. The molecule has 5 rings (SSSR count). The number of hydrogen-bond donors (Lipinski definition) is 0. The van der Waals surface area contributed by atoms with Crippen LogP contribution in [-0.4, -0.2) is 18.3 Å². The van der Waals surface area contributed by atoms with E-state index in [-0.39, 0.29) is 18.3 Å². The van der Waals surface area contributed by atoms with Crippen molar-refractivity contribution in [2.45, 2.75) is 52.7 Å². The van der Waals surface area contributed by atoms with Crippen molar-refractivity contribution in [2.24, 2.45) is 0 Å². The largest absolute Gasteiger partial charge is 0.494 e. The zero-order chi connectivity index (χ0) is 22.2. The van der Waals surface area contributed by atoms with E-state index < -0.39 is 0 Å². The molecular formula is C28H31BO2. The zero-order valence-electron chi connectivity index (χ0n) is 19.4. The van der Waals surface area contributed by atoms with Crippen LogP contribution in [0.1, 0.15) is 41.5 Å². The maximum absolute atomic E-state index is 6.28. The summed E-state index contributed by atoms with van der Waals surface area (Å²) in [6.07, 6.45) is 0. The van der Waals surface area contributed by atoms with E-state index in [4.69, 9.17) is 9.31 Å². The first-order valence-electron chi connectivity index (χ1n) is 11.2. The van der Waals surface area contributed by atoms with E-state index >= 15 is 0 Å². The molecule has 2 nitrogen and oxygen atoms in total. The highest BCUT2D eigenvalue weighted by atomic mass is 16.7. The first-order valence-corrected chi connectivity index (χ1v) is 11.2. The maximum Gasteiger partial charge on any atom is 0.494 e. The quantitative estimate of drug-likeness (QED) is 0.262. The number of fused-ring (bicyclic) bond motifs is 3. The molecule has 0 unspecified atom stereocenters. The summed E-state index contributed by atoms with van der Waals surface area (Å²) in [5.74, 6) is 0. The van der Waals surface area contributed by atoms with Gasteiger partial charge in [0.25, 0.3) is 0 Å². The van der Waals surface area contributed by atoms with Crippen LogP contribution in [0.4, 0.5) is 0 Å². The van der Waals surface area contributed by atoms with Gasteiger partial charge >= 0.3 is 7.12 Å². The minimum atomic E-state index is -0.350. The second-order valence-electron chi connectivity index (χ2n) is 8.90. The smallest absolute Gasteiger partial charge is 0.399 e. The Morgan fingerprint density at radius 1 is 0.613 bits per heavy atom. The third kappa shape index (κ3) is 3.77. The van der Waals surface area contributed by atoms with Crippen LogP contribution in [0.2, 0.25) is 0 Å². The standard InChI is InChI=1S/C26H25BO2.C2H6/c1-25(2)26(3,4)29-27(28-25)20-15-14-19-16-23(18-10-6-5-7-11-18)21-12-8-9-13-22(21)24(19)17-20;1-2/h5-17H,1-4H3;1-2H3. The first-order chi connectivity index (χ1) is 14.9. The van der Waals surface area contributed by atoms with E-state index in [1.807, 2.05) is 13.8 Å². The van der Waals surface area contributed by atoms with Gasteiger partial charge in [0, 0.05) is 0 Å². The topological polar surface area (TPSA) is 18.5 Å². The maximum atomic E-state index is 6.28. The minimum absolute atomic E-state index is 0.341. The summed E-state index contributed by atoms with van der Waals surface area (Å²) in [5, 5.41) is 4.97. The van der Waals surface area contributed by atoms with Crippen molar-refractivity contribution < 1.29 is 9.31 Å². The molecule has 0 aromatic heterocycles. The molecule has 0 spiro atoms. The van der Waals surface area contributed by atoms with Crippen molar-refractivity contribution in [1.82, 2.24) is 0 Å². The highest BCUT2D eigenvalue weighted by Crippen LogP contribution is 2.38. The Hall–Kier alpha value is -2.62. The Bertz CT molecular complexity index is 1200. The molecule has 0 N–H and O–H groups in total. The highest BCUT2D eigenvalue weighted by molar-refractivity contribution is 6.62. The Morgan fingerprint density at radius 3 is 1.84 bits per heavy atom. The second kappa shape index (κ2) is 8.14. The van der Waals surface area contributed by atoms with Gasteiger partial charge in [-0.05, 0) is 71.9 Å². The van der Waals surface area contributed by atoms with Gasteiger partial charge in [-0.2, -0.15) is 0 Å². The summed E-state index contributed by atoms with van der Waals surface area (Å²) in [6.45, 7) is 12.4. The average Bonchev–Trinajstić information content (AvgIpc) is 3.01. The van der Waals surface area contributed by atoms with Crippen LogP contribution in [0.15, 0.2) is 78.9 Å². The van der Waals surface area contributed by atoms with E-state index in [9.17, 15) is 0 Å². The van der Waals surface area contributed by atoms with Gasteiger partial charge in [-0.1, -0.05) is 86.6 Å². The Morgan fingerprint density at radius 2 is 1.19 bits per heavy atom. The van der Waals surface area contributed by atoms with Crippen molar-refractivity contribution in [3.05, 3.63) is 78.9 Å². The average molecular weight is 410 g/mol. The molecule has 0 amide bonds. The Labute approximate surface area is 186 Å². The molecule has 4 aromatic carbocycles. The first kappa shape index (κ1) is 21.6. The molecule has 1 saturated heterocycles. The van der Waals surface area contributed by atoms with Crippen molar-refractivity contribution in [3.63, 3.8) is 0 Å². The molecule has 158 valence electrons. The molecule has 4 aromatic rings. The molecule has 31 heavy (non-hydrogen) atoms. The second-order valence-corrected chi connectivity index (χ2v) is 8.90. The number of benzene rings is 4. The van der Waals surface area contributed by atoms with E-state index in [0.29, 0.717) is 0 Å². The van der Waals surface area contributed by atoms with Gasteiger partial charge in [0.15, 0.2) is 0 Å². The summed E-state index contributed by atoms with van der Waals surface area (Å²) in [6, 6.07) is 28.1. The summed E-state index contributed by atoms with van der Waals surface area (Å²) < 4.78 is 12.6. The molecule has 0 bridgehead atoms. The van der Waals surface area contributed by atoms with Crippen molar-refractivity contribution in [2.75, 3.05) is 0 Å². The van der Waals surface area contributed by atoms with E-state index in [0.717, 1.165) is 5.46 Å². The van der Waals surface area contributed by atoms with Crippen molar-refractivity contribution in [3.8, 4) is 11.1 Å². The van der Waals surface area contributed by atoms with Crippen molar-refractivity contribution in [1.29, 1.82) is 0 Å². The molecule has 1 heterocycles. The molecule has 0 saturated carbocycles. The third-order valence-electron chi connectivity index (χ3n) is 6.49. The molecule has 1 aliphatic heterocycles. The molecular weight excluding hydrogens is 379 g/mol. The predicted molar refractivity (Wildman–Crippen MR) is 134 cm³/mol. The Balaban J connectivity index is 0.00000112. The molecule has 1 fully saturated rings. The zero-order valence-corrected chi connectivity index (χ0v) is 19.4. The molecule has 0 atom stereocenters. The lowest BCUT2D eigenvalue weighted by atomic mass is 9.77. The van der Waals surface area contributed by atoms with Crippen LogP contribution in [0.25, 0.3) is 32.7 Å². The number of rotatable bonds is 2. The monoisotopic (exact) mass is 410 g/mol. The van der Waals surface area contributed by atoms with Gasteiger partial charge in [-0.15, -0.1) is 0 Å². The molecule has 1 aliphatic rings. The predicted octanol–water partition coefficient (Wildman–Crippen LogP) is 6.99. The lowest BCUT2D eigenvalue weighted by Crippen LogP contribution is -2.41.